The molecule has 0 amide bonds. The molecule has 1 fully saturated rings. The zero-order valence-corrected chi connectivity index (χ0v) is 5.24. The highest BCUT2D eigenvalue weighted by Crippen LogP contribution is 2.37. The Hall–Kier alpha value is -0.180. The number of rotatable bonds is 1. The van der Waals surface area contributed by atoms with Gasteiger partial charge in [-0.05, 0) is 18.9 Å². The van der Waals surface area contributed by atoms with Gasteiger partial charge in [0.25, 0.3) is 0 Å². The fourth-order valence-corrected chi connectivity index (χ4v) is 1.24. The van der Waals surface area contributed by atoms with E-state index >= 15 is 0 Å². The second-order valence-electron chi connectivity index (χ2n) is 2.70. The molecular weight excluding hydrogens is 124 g/mol. The van der Waals surface area contributed by atoms with Gasteiger partial charge in [0.15, 0.2) is 0 Å². The summed E-state index contributed by atoms with van der Waals surface area (Å²) in [7, 11) is 0. The molecule has 0 aromatic rings. The summed E-state index contributed by atoms with van der Waals surface area (Å²) >= 11 is 0. The zero-order valence-electron chi connectivity index (χ0n) is 5.24. The van der Waals surface area contributed by atoms with E-state index in [9.17, 15) is 8.78 Å². The second-order valence-corrected chi connectivity index (χ2v) is 2.70. The van der Waals surface area contributed by atoms with E-state index in [1.54, 1.807) is 0 Å². The maximum Gasteiger partial charge on any atom is 0.248 e. The highest BCUT2D eigenvalue weighted by molar-refractivity contribution is 4.81. The maximum atomic E-state index is 12.3. The van der Waals surface area contributed by atoms with Gasteiger partial charge in [0, 0.05) is 12.8 Å². The third-order valence-corrected chi connectivity index (χ3v) is 1.84. The van der Waals surface area contributed by atoms with E-state index in [4.69, 9.17) is 5.73 Å². The summed E-state index contributed by atoms with van der Waals surface area (Å²) in [4.78, 5) is 0. The maximum absolute atomic E-state index is 12.3. The number of hydrogen-bond acceptors (Lipinski definition) is 1. The Morgan fingerprint density at radius 1 is 1.56 bits per heavy atom. The third-order valence-electron chi connectivity index (χ3n) is 1.84. The van der Waals surface area contributed by atoms with Gasteiger partial charge in [-0.15, -0.1) is 0 Å². The van der Waals surface area contributed by atoms with Crippen LogP contribution in [-0.4, -0.2) is 12.5 Å². The number of nitrogens with two attached hydrogens (primary N) is 1. The minimum atomic E-state index is -2.41. The summed E-state index contributed by atoms with van der Waals surface area (Å²) in [5.74, 6) is -2.34. The Morgan fingerprint density at radius 3 is 2.44 bits per heavy atom. The van der Waals surface area contributed by atoms with Gasteiger partial charge < -0.3 is 5.73 Å². The molecular formula is C6H11F2N. The van der Waals surface area contributed by atoms with Crippen molar-refractivity contribution >= 4 is 0 Å². The van der Waals surface area contributed by atoms with Crippen molar-refractivity contribution in [2.24, 2.45) is 11.7 Å². The molecule has 1 aliphatic carbocycles. The van der Waals surface area contributed by atoms with Crippen LogP contribution in [-0.2, 0) is 0 Å². The van der Waals surface area contributed by atoms with Crippen molar-refractivity contribution in [2.45, 2.75) is 25.2 Å². The van der Waals surface area contributed by atoms with Gasteiger partial charge in [-0.25, -0.2) is 8.78 Å². The normalized spacial score (nSPS) is 33.0. The molecule has 1 saturated carbocycles. The van der Waals surface area contributed by atoms with E-state index < -0.39 is 5.92 Å². The summed E-state index contributed by atoms with van der Waals surface area (Å²) in [5.41, 5.74) is 5.22. The first-order valence-electron chi connectivity index (χ1n) is 3.22. The molecule has 0 aromatic heterocycles. The van der Waals surface area contributed by atoms with E-state index in [0.717, 1.165) is 0 Å². The molecule has 1 nitrogen and oxygen atoms in total. The van der Waals surface area contributed by atoms with E-state index in [0.29, 0.717) is 13.0 Å². The minimum Gasteiger partial charge on any atom is -0.330 e. The van der Waals surface area contributed by atoms with Crippen molar-refractivity contribution in [3.8, 4) is 0 Å². The monoisotopic (exact) mass is 135 g/mol. The first kappa shape index (κ1) is 6.93. The van der Waals surface area contributed by atoms with Gasteiger partial charge in [-0.2, -0.15) is 0 Å². The minimum absolute atomic E-state index is 0.00347. The molecule has 0 aromatic carbocycles. The molecule has 0 heterocycles. The van der Waals surface area contributed by atoms with Crippen LogP contribution in [0.3, 0.4) is 0 Å². The summed E-state index contributed by atoms with van der Waals surface area (Å²) in [6, 6.07) is 0. The molecule has 0 radical (unpaired) electrons. The van der Waals surface area contributed by atoms with Gasteiger partial charge in [-0.1, -0.05) is 0 Å². The first-order valence-corrected chi connectivity index (χ1v) is 3.22. The summed E-state index contributed by atoms with van der Waals surface area (Å²) < 4.78 is 24.7. The fourth-order valence-electron chi connectivity index (χ4n) is 1.24. The number of halogens is 2. The van der Waals surface area contributed by atoms with Crippen LogP contribution >= 0.6 is 0 Å². The van der Waals surface area contributed by atoms with Crippen molar-refractivity contribution in [3.05, 3.63) is 0 Å². The summed E-state index contributed by atoms with van der Waals surface area (Å²) in [6.45, 7) is 0.412. The van der Waals surface area contributed by atoms with Crippen molar-refractivity contribution < 1.29 is 8.78 Å². The summed E-state index contributed by atoms with van der Waals surface area (Å²) in [5, 5.41) is 0. The van der Waals surface area contributed by atoms with Crippen molar-refractivity contribution in [1.29, 1.82) is 0 Å². The molecule has 0 saturated heterocycles. The van der Waals surface area contributed by atoms with Gasteiger partial charge in [0.05, 0.1) is 0 Å². The van der Waals surface area contributed by atoms with E-state index in [2.05, 4.69) is 0 Å². The lowest BCUT2D eigenvalue weighted by atomic mass is 10.1. The second kappa shape index (κ2) is 2.21. The molecule has 1 atom stereocenters. The highest BCUT2D eigenvalue weighted by Gasteiger charge is 2.38. The van der Waals surface area contributed by atoms with Gasteiger partial charge in [-0.3, -0.25) is 0 Å². The Bertz CT molecular complexity index is 103. The topological polar surface area (TPSA) is 26.0 Å². The van der Waals surface area contributed by atoms with Crippen molar-refractivity contribution in [1.82, 2.24) is 0 Å². The average molecular weight is 135 g/mol. The summed E-state index contributed by atoms with van der Waals surface area (Å²) in [6.07, 6.45) is 0.641. The molecule has 9 heavy (non-hydrogen) atoms. The van der Waals surface area contributed by atoms with Gasteiger partial charge in [0.1, 0.15) is 0 Å². The smallest absolute Gasteiger partial charge is 0.248 e. The molecule has 0 spiro atoms. The zero-order chi connectivity index (χ0) is 6.91. The van der Waals surface area contributed by atoms with Gasteiger partial charge in [0.2, 0.25) is 5.92 Å². The van der Waals surface area contributed by atoms with Crippen LogP contribution in [0.2, 0.25) is 0 Å². The highest BCUT2D eigenvalue weighted by atomic mass is 19.3. The average Bonchev–Trinajstić information content (AvgIpc) is 2.10. The Kier molecular flexibility index (Phi) is 1.70. The molecule has 0 aliphatic heterocycles. The third kappa shape index (κ3) is 1.61. The lowest BCUT2D eigenvalue weighted by Gasteiger charge is -2.06. The molecule has 1 rings (SSSR count). The molecule has 3 heteroatoms. The standard InChI is InChI=1S/C6H11F2N/c7-6(8)2-1-5(3-6)4-9/h5H,1-4,9H2. The van der Waals surface area contributed by atoms with Crippen molar-refractivity contribution in [3.63, 3.8) is 0 Å². The van der Waals surface area contributed by atoms with Crippen LogP contribution in [0.15, 0.2) is 0 Å². The Balaban J connectivity index is 2.38. The predicted molar refractivity (Wildman–Crippen MR) is 31.3 cm³/mol. The Morgan fingerprint density at radius 2 is 2.22 bits per heavy atom. The van der Waals surface area contributed by atoms with Crippen LogP contribution in [0.1, 0.15) is 19.3 Å². The quantitative estimate of drug-likeness (QED) is 0.577. The lowest BCUT2D eigenvalue weighted by molar-refractivity contribution is 0.00540. The number of alkyl halides is 2. The van der Waals surface area contributed by atoms with Crippen molar-refractivity contribution in [2.75, 3.05) is 6.54 Å². The van der Waals surface area contributed by atoms with Gasteiger partial charge >= 0.3 is 0 Å². The van der Waals surface area contributed by atoms with E-state index in [-0.39, 0.29) is 18.8 Å². The van der Waals surface area contributed by atoms with Crippen LogP contribution in [0.4, 0.5) is 8.78 Å². The van der Waals surface area contributed by atoms with Crippen LogP contribution in [0, 0.1) is 5.92 Å². The molecule has 1 unspecified atom stereocenters. The molecule has 1 aliphatic rings. The van der Waals surface area contributed by atoms with Crippen LogP contribution in [0.25, 0.3) is 0 Å². The first-order chi connectivity index (χ1) is 4.14. The van der Waals surface area contributed by atoms with E-state index in [1.165, 1.54) is 0 Å². The van der Waals surface area contributed by atoms with Crippen LogP contribution in [0.5, 0.6) is 0 Å². The van der Waals surface area contributed by atoms with Crippen LogP contribution < -0.4 is 5.73 Å². The Labute approximate surface area is 53.2 Å². The fraction of sp³-hybridized carbons (Fsp3) is 1.00. The lowest BCUT2D eigenvalue weighted by Crippen LogP contribution is -2.14. The van der Waals surface area contributed by atoms with E-state index in [1.807, 2.05) is 0 Å². The number of hydrogen-bond donors (Lipinski definition) is 1. The molecule has 54 valence electrons. The largest absolute Gasteiger partial charge is 0.330 e. The SMILES string of the molecule is NCC1CCC(F)(F)C1. The molecule has 0 bridgehead atoms. The molecule has 2 N–H and O–H groups in total. The predicted octanol–water partition coefficient (Wildman–Crippen LogP) is 1.38.